The second kappa shape index (κ2) is 11.6. The van der Waals surface area contributed by atoms with Crippen molar-refractivity contribution < 1.29 is 14.2 Å². The predicted octanol–water partition coefficient (Wildman–Crippen LogP) is 2.57. The molecule has 0 unspecified atom stereocenters. The molecule has 0 atom stereocenters. The maximum atomic E-state index is 5.92. The maximum absolute atomic E-state index is 5.92. The Morgan fingerprint density at radius 2 is 1.49 bits per heavy atom. The first kappa shape index (κ1) is 23.0. The van der Waals surface area contributed by atoms with Crippen LogP contribution in [0.1, 0.15) is 11.1 Å². The van der Waals surface area contributed by atoms with E-state index < -0.39 is 0 Å². The van der Waals surface area contributed by atoms with Crippen LogP contribution in [0.15, 0.2) is 59.7 Å². The quantitative estimate of drug-likeness (QED) is 0.389. The zero-order valence-corrected chi connectivity index (χ0v) is 19.5. The molecule has 35 heavy (non-hydrogen) atoms. The number of morpholine rings is 2. The van der Waals surface area contributed by atoms with Gasteiger partial charge in [0.2, 0.25) is 17.8 Å². The van der Waals surface area contributed by atoms with Crippen molar-refractivity contribution in [3.63, 3.8) is 0 Å². The van der Waals surface area contributed by atoms with Gasteiger partial charge in [0.25, 0.3) is 0 Å². The lowest BCUT2D eigenvalue weighted by Crippen LogP contribution is -2.40. The average molecular weight is 476 g/mol. The highest BCUT2D eigenvalue weighted by molar-refractivity contribution is 5.80. The fraction of sp³-hybridized carbons (Fsp3) is 0.360. The Balaban J connectivity index is 1.27. The van der Waals surface area contributed by atoms with E-state index in [1.54, 1.807) is 6.21 Å². The lowest BCUT2D eigenvalue weighted by molar-refractivity contribution is 0.121. The molecule has 2 saturated heterocycles. The van der Waals surface area contributed by atoms with Crippen molar-refractivity contribution in [2.75, 3.05) is 67.8 Å². The molecule has 0 bridgehead atoms. The largest absolute Gasteiger partial charge is 0.489 e. The number of benzene rings is 2. The zero-order valence-electron chi connectivity index (χ0n) is 19.5. The van der Waals surface area contributed by atoms with Gasteiger partial charge in [-0.3, -0.25) is 0 Å². The van der Waals surface area contributed by atoms with Gasteiger partial charge in [-0.2, -0.15) is 20.1 Å². The lowest BCUT2D eigenvalue weighted by Gasteiger charge is -2.30. The Labute approximate surface area is 204 Å². The smallest absolute Gasteiger partial charge is 0.250 e. The summed E-state index contributed by atoms with van der Waals surface area (Å²) in [5.74, 6) is 2.43. The summed E-state index contributed by atoms with van der Waals surface area (Å²) in [6.07, 6.45) is 1.72. The molecule has 2 aliphatic rings. The number of nitrogens with zero attached hydrogens (tertiary/aromatic N) is 6. The highest BCUT2D eigenvalue weighted by Gasteiger charge is 2.20. The molecule has 3 aromatic rings. The maximum Gasteiger partial charge on any atom is 0.250 e. The van der Waals surface area contributed by atoms with Gasteiger partial charge in [-0.25, -0.2) is 5.43 Å². The number of hydrogen-bond acceptors (Lipinski definition) is 10. The van der Waals surface area contributed by atoms with Crippen LogP contribution in [0, 0.1) is 0 Å². The monoisotopic (exact) mass is 475 g/mol. The highest BCUT2D eigenvalue weighted by atomic mass is 16.5. The summed E-state index contributed by atoms with van der Waals surface area (Å²) in [5.41, 5.74) is 5.00. The molecule has 10 heteroatoms. The molecule has 1 aromatic heterocycles. The molecular formula is C25H29N7O3. The summed E-state index contributed by atoms with van der Waals surface area (Å²) < 4.78 is 16.9. The fourth-order valence-electron chi connectivity index (χ4n) is 3.80. The lowest BCUT2D eigenvalue weighted by atomic mass is 10.2. The summed E-state index contributed by atoms with van der Waals surface area (Å²) >= 11 is 0. The molecule has 0 radical (unpaired) electrons. The van der Waals surface area contributed by atoms with Gasteiger partial charge >= 0.3 is 0 Å². The highest BCUT2D eigenvalue weighted by Crippen LogP contribution is 2.19. The van der Waals surface area contributed by atoms with Crippen LogP contribution >= 0.6 is 0 Å². The Kier molecular flexibility index (Phi) is 7.61. The van der Waals surface area contributed by atoms with Crippen LogP contribution in [0.4, 0.5) is 17.8 Å². The van der Waals surface area contributed by atoms with Crippen molar-refractivity contribution in [2.24, 2.45) is 5.10 Å². The van der Waals surface area contributed by atoms with Gasteiger partial charge < -0.3 is 24.0 Å². The third-order valence-corrected chi connectivity index (χ3v) is 5.68. The molecule has 2 aromatic carbocycles. The Morgan fingerprint density at radius 1 is 0.829 bits per heavy atom. The van der Waals surface area contributed by atoms with Crippen molar-refractivity contribution >= 4 is 24.1 Å². The molecular weight excluding hydrogens is 446 g/mol. The van der Waals surface area contributed by atoms with Gasteiger partial charge in [0.05, 0.1) is 32.6 Å². The average Bonchev–Trinajstić information content (AvgIpc) is 2.94. The van der Waals surface area contributed by atoms with E-state index in [0.717, 1.165) is 43.1 Å². The summed E-state index contributed by atoms with van der Waals surface area (Å²) in [6.45, 7) is 6.10. The minimum absolute atomic E-state index is 0.399. The molecule has 1 N–H and O–H groups in total. The van der Waals surface area contributed by atoms with Crippen LogP contribution in [0.5, 0.6) is 5.75 Å². The standard InChI is InChI=1S/C25H29N7O3/c1-2-5-20(6-3-1)19-35-22-8-4-7-21(17-22)18-26-30-23-27-24(31-9-13-33-14-10-31)29-25(28-23)32-11-15-34-16-12-32/h1-8,17-18H,9-16,19H2,(H,27,28,29,30)/b26-18+. The van der Waals surface area contributed by atoms with Crippen LogP contribution in [-0.2, 0) is 16.1 Å². The van der Waals surface area contributed by atoms with E-state index in [9.17, 15) is 0 Å². The summed E-state index contributed by atoms with van der Waals surface area (Å²) in [4.78, 5) is 18.1. The fourth-order valence-corrected chi connectivity index (χ4v) is 3.80. The molecule has 3 heterocycles. The molecule has 5 rings (SSSR count). The van der Waals surface area contributed by atoms with Gasteiger partial charge in [0.15, 0.2) is 0 Å². The summed E-state index contributed by atoms with van der Waals surface area (Å²) in [5, 5.41) is 4.37. The van der Waals surface area contributed by atoms with Crippen molar-refractivity contribution in [2.45, 2.75) is 6.61 Å². The van der Waals surface area contributed by atoms with E-state index in [4.69, 9.17) is 19.2 Å². The topological polar surface area (TPSA) is 97.2 Å². The van der Waals surface area contributed by atoms with Crippen LogP contribution < -0.4 is 20.0 Å². The van der Waals surface area contributed by atoms with Crippen LogP contribution in [-0.4, -0.2) is 73.8 Å². The second-order valence-corrected chi connectivity index (χ2v) is 8.17. The number of ether oxygens (including phenoxy) is 3. The van der Waals surface area contributed by atoms with Gasteiger partial charge in [0, 0.05) is 26.2 Å². The van der Waals surface area contributed by atoms with E-state index in [1.807, 2.05) is 54.6 Å². The number of rotatable bonds is 8. The summed E-state index contributed by atoms with van der Waals surface area (Å²) in [6, 6.07) is 17.9. The molecule has 10 nitrogen and oxygen atoms in total. The second-order valence-electron chi connectivity index (χ2n) is 8.17. The first-order chi connectivity index (χ1) is 17.3. The van der Waals surface area contributed by atoms with Crippen molar-refractivity contribution in [1.29, 1.82) is 0 Å². The minimum Gasteiger partial charge on any atom is -0.489 e. The van der Waals surface area contributed by atoms with E-state index in [-0.39, 0.29) is 0 Å². The number of nitrogens with one attached hydrogen (secondary N) is 1. The van der Waals surface area contributed by atoms with Gasteiger partial charge in [-0.15, -0.1) is 0 Å². The van der Waals surface area contributed by atoms with Gasteiger partial charge in [-0.1, -0.05) is 42.5 Å². The number of aromatic nitrogens is 3. The molecule has 182 valence electrons. The normalized spacial score (nSPS) is 16.5. The Hall–Kier alpha value is -3.76. The van der Waals surface area contributed by atoms with Crippen molar-refractivity contribution in [1.82, 2.24) is 15.0 Å². The third-order valence-electron chi connectivity index (χ3n) is 5.68. The van der Waals surface area contributed by atoms with Gasteiger partial charge in [-0.05, 0) is 23.3 Å². The predicted molar refractivity (Wildman–Crippen MR) is 134 cm³/mol. The minimum atomic E-state index is 0.399. The van der Waals surface area contributed by atoms with Crippen LogP contribution in [0.25, 0.3) is 0 Å². The third kappa shape index (κ3) is 6.43. The number of hydrogen-bond donors (Lipinski definition) is 1. The molecule has 0 saturated carbocycles. The molecule has 0 aliphatic carbocycles. The number of hydrazone groups is 1. The van der Waals surface area contributed by atoms with Gasteiger partial charge in [0.1, 0.15) is 12.4 Å². The molecule has 2 fully saturated rings. The number of anilines is 3. The van der Waals surface area contributed by atoms with E-state index in [0.29, 0.717) is 50.9 Å². The first-order valence-corrected chi connectivity index (χ1v) is 11.8. The molecule has 0 spiro atoms. The molecule has 2 aliphatic heterocycles. The van der Waals surface area contributed by atoms with E-state index in [2.05, 4.69) is 30.3 Å². The van der Waals surface area contributed by atoms with Crippen LogP contribution in [0.3, 0.4) is 0 Å². The van der Waals surface area contributed by atoms with E-state index in [1.165, 1.54) is 0 Å². The van der Waals surface area contributed by atoms with Crippen molar-refractivity contribution in [3.05, 3.63) is 65.7 Å². The Bertz CT molecular complexity index is 1080. The molecule has 0 amide bonds. The Morgan fingerprint density at radius 3 is 2.14 bits per heavy atom. The summed E-state index contributed by atoms with van der Waals surface area (Å²) in [7, 11) is 0. The zero-order chi connectivity index (χ0) is 23.7. The first-order valence-electron chi connectivity index (χ1n) is 11.8. The van der Waals surface area contributed by atoms with E-state index >= 15 is 0 Å². The van der Waals surface area contributed by atoms with Crippen LogP contribution in [0.2, 0.25) is 0 Å². The SMILES string of the molecule is C(=N\Nc1nc(N2CCOCC2)nc(N2CCOCC2)n1)/c1cccc(OCc2ccccc2)c1. The van der Waals surface area contributed by atoms with Crippen molar-refractivity contribution in [3.8, 4) is 5.75 Å².